The number of carbonyl (C=O) groups excluding carboxylic acids is 1. The molecule has 0 spiro atoms. The van der Waals surface area contributed by atoms with Gasteiger partial charge >= 0.3 is 0 Å². The van der Waals surface area contributed by atoms with Crippen LogP contribution in [-0.2, 0) is 0 Å². The van der Waals surface area contributed by atoms with Crippen molar-refractivity contribution in [3.63, 3.8) is 0 Å². The highest BCUT2D eigenvalue weighted by molar-refractivity contribution is 14.1. The van der Waals surface area contributed by atoms with Crippen LogP contribution < -0.4 is 5.73 Å². The lowest BCUT2D eigenvalue weighted by atomic mass is 10.1. The number of carbonyl (C=O) groups is 1. The molecule has 0 aromatic heterocycles. The van der Waals surface area contributed by atoms with E-state index in [0.29, 0.717) is 38.3 Å². The Bertz CT molecular complexity index is 556. The minimum Gasteiger partial charge on any atom is -0.507 e. The molecule has 1 aliphatic rings. The third-order valence-electron chi connectivity index (χ3n) is 3.36. The van der Waals surface area contributed by atoms with Crippen LogP contribution in [0.2, 0.25) is 0 Å². The van der Waals surface area contributed by atoms with Crippen LogP contribution in [0.15, 0.2) is 23.4 Å². The van der Waals surface area contributed by atoms with E-state index in [2.05, 4.69) is 27.7 Å². The van der Waals surface area contributed by atoms with Gasteiger partial charge in [0.05, 0.1) is 12.1 Å². The number of amidine groups is 1. The molecule has 1 aliphatic heterocycles. The third kappa shape index (κ3) is 3.97. The van der Waals surface area contributed by atoms with Crippen molar-refractivity contribution in [3.8, 4) is 5.75 Å². The molecule has 1 saturated heterocycles. The molecule has 0 aliphatic carbocycles. The zero-order valence-electron chi connectivity index (χ0n) is 11.4. The summed E-state index contributed by atoms with van der Waals surface area (Å²) in [7, 11) is 0. The molecule has 4 N–H and O–H groups in total. The van der Waals surface area contributed by atoms with Crippen molar-refractivity contribution in [2.75, 3.05) is 32.7 Å². The molecule has 1 amide bonds. The summed E-state index contributed by atoms with van der Waals surface area (Å²) in [6.45, 7) is 2.76. The third-order valence-corrected chi connectivity index (χ3v) is 4.03. The van der Waals surface area contributed by atoms with Crippen molar-refractivity contribution in [2.45, 2.75) is 0 Å². The van der Waals surface area contributed by atoms with Gasteiger partial charge in [-0.15, -0.1) is 0 Å². The van der Waals surface area contributed by atoms with E-state index in [0.717, 1.165) is 3.57 Å². The molecular weight excluding hydrogens is 387 g/mol. The molecule has 7 nitrogen and oxygen atoms in total. The maximum atomic E-state index is 12.4. The first kappa shape index (κ1) is 15.8. The quantitative estimate of drug-likeness (QED) is 0.224. The van der Waals surface area contributed by atoms with Crippen LogP contribution in [-0.4, -0.2) is 64.6 Å². The highest BCUT2D eigenvalue weighted by Gasteiger charge is 2.24. The van der Waals surface area contributed by atoms with Gasteiger partial charge in [0.25, 0.3) is 5.91 Å². The fourth-order valence-corrected chi connectivity index (χ4v) is 2.71. The summed E-state index contributed by atoms with van der Waals surface area (Å²) in [5.41, 5.74) is 5.80. The van der Waals surface area contributed by atoms with Gasteiger partial charge < -0.3 is 20.9 Å². The van der Waals surface area contributed by atoms with Gasteiger partial charge in [-0.1, -0.05) is 5.16 Å². The largest absolute Gasteiger partial charge is 0.507 e. The number of hydrogen-bond donors (Lipinski definition) is 3. The second-order valence-electron chi connectivity index (χ2n) is 4.82. The van der Waals surface area contributed by atoms with E-state index in [9.17, 15) is 9.90 Å². The van der Waals surface area contributed by atoms with Crippen LogP contribution >= 0.6 is 22.6 Å². The Balaban J connectivity index is 1.99. The van der Waals surface area contributed by atoms with E-state index in [4.69, 9.17) is 10.9 Å². The smallest absolute Gasteiger partial charge is 0.257 e. The summed E-state index contributed by atoms with van der Waals surface area (Å²) in [4.78, 5) is 16.1. The van der Waals surface area contributed by atoms with Gasteiger partial charge in [0.15, 0.2) is 5.84 Å². The molecule has 0 saturated carbocycles. The van der Waals surface area contributed by atoms with Gasteiger partial charge in [0.2, 0.25) is 0 Å². The highest BCUT2D eigenvalue weighted by Crippen LogP contribution is 2.22. The molecule has 2 rings (SSSR count). The molecule has 114 valence electrons. The average Bonchev–Trinajstić information content (AvgIpc) is 2.49. The molecule has 0 radical (unpaired) electrons. The van der Waals surface area contributed by atoms with Gasteiger partial charge in [-0.25, -0.2) is 0 Å². The van der Waals surface area contributed by atoms with Crippen LogP contribution in [0.5, 0.6) is 5.75 Å². The SMILES string of the molecule is N/C(CN1CCN(C(=O)c2cc(I)ccc2O)CC1)=N/O. The standard InChI is InChI=1S/C13H17IN4O3/c14-9-1-2-11(19)10(7-9)13(20)18-5-3-17(4-6-18)8-12(15)16-21/h1-2,7,19,21H,3-6,8H2,(H2,15,16). The summed E-state index contributed by atoms with van der Waals surface area (Å²) < 4.78 is 0.902. The van der Waals surface area contributed by atoms with E-state index in [1.165, 1.54) is 6.07 Å². The van der Waals surface area contributed by atoms with Crippen molar-refractivity contribution < 1.29 is 15.1 Å². The molecule has 8 heteroatoms. The summed E-state index contributed by atoms with van der Waals surface area (Å²) in [6.07, 6.45) is 0. The number of nitrogens with zero attached hydrogens (tertiary/aromatic N) is 3. The number of hydrogen-bond acceptors (Lipinski definition) is 5. The number of phenolic OH excluding ortho intramolecular Hbond substituents is 1. The molecule has 0 bridgehead atoms. The van der Waals surface area contributed by atoms with Crippen molar-refractivity contribution in [1.29, 1.82) is 0 Å². The Hall–Kier alpha value is -1.55. The molecule has 1 aromatic rings. The van der Waals surface area contributed by atoms with Gasteiger partial charge in [-0.2, -0.15) is 0 Å². The Kier molecular flexibility index (Phi) is 5.23. The van der Waals surface area contributed by atoms with E-state index in [1.54, 1.807) is 17.0 Å². The molecule has 1 aromatic carbocycles. The summed E-state index contributed by atoms with van der Waals surface area (Å²) >= 11 is 2.11. The maximum absolute atomic E-state index is 12.4. The number of amides is 1. The number of benzene rings is 1. The van der Waals surface area contributed by atoms with Crippen LogP contribution in [0.1, 0.15) is 10.4 Å². The van der Waals surface area contributed by atoms with Crippen molar-refractivity contribution >= 4 is 34.3 Å². The molecule has 0 unspecified atom stereocenters. The first-order valence-electron chi connectivity index (χ1n) is 6.48. The predicted octanol–water partition coefficient (Wildman–Crippen LogP) is 0.501. The molecule has 0 atom stereocenters. The summed E-state index contributed by atoms with van der Waals surface area (Å²) in [5, 5.41) is 21.3. The van der Waals surface area contributed by atoms with E-state index in [-0.39, 0.29) is 17.5 Å². The van der Waals surface area contributed by atoms with Gasteiger partial charge in [0.1, 0.15) is 5.75 Å². The van der Waals surface area contributed by atoms with Crippen molar-refractivity contribution in [3.05, 3.63) is 27.3 Å². The van der Waals surface area contributed by atoms with Crippen LogP contribution in [0, 0.1) is 3.57 Å². The van der Waals surface area contributed by atoms with E-state index in [1.807, 2.05) is 4.90 Å². The van der Waals surface area contributed by atoms with Gasteiger partial charge in [-0.05, 0) is 40.8 Å². The number of phenols is 1. The second kappa shape index (κ2) is 6.94. The lowest BCUT2D eigenvalue weighted by molar-refractivity contribution is 0.0650. The predicted molar refractivity (Wildman–Crippen MR) is 86.6 cm³/mol. The number of oxime groups is 1. The number of aromatic hydroxyl groups is 1. The van der Waals surface area contributed by atoms with Crippen LogP contribution in [0.25, 0.3) is 0 Å². The van der Waals surface area contributed by atoms with Crippen LogP contribution in [0.4, 0.5) is 0 Å². The lowest BCUT2D eigenvalue weighted by Crippen LogP contribution is -2.50. The maximum Gasteiger partial charge on any atom is 0.257 e. The number of nitrogens with two attached hydrogens (primary N) is 1. The molecule has 1 heterocycles. The Morgan fingerprint density at radius 1 is 1.33 bits per heavy atom. The van der Waals surface area contributed by atoms with E-state index < -0.39 is 0 Å². The topological polar surface area (TPSA) is 102 Å². The zero-order valence-corrected chi connectivity index (χ0v) is 13.5. The molecular formula is C13H17IN4O3. The fraction of sp³-hybridized carbons (Fsp3) is 0.385. The summed E-state index contributed by atoms with van der Waals surface area (Å²) in [5.74, 6) is -0.0148. The minimum atomic E-state index is -0.172. The van der Waals surface area contributed by atoms with Crippen LogP contribution in [0.3, 0.4) is 0 Å². The first-order chi connectivity index (χ1) is 10.0. The van der Waals surface area contributed by atoms with Crippen molar-refractivity contribution in [2.24, 2.45) is 10.9 Å². The van der Waals surface area contributed by atoms with Gasteiger partial charge in [-0.3, -0.25) is 9.69 Å². The van der Waals surface area contributed by atoms with E-state index >= 15 is 0 Å². The Labute approximate surface area is 136 Å². The lowest BCUT2D eigenvalue weighted by Gasteiger charge is -2.34. The summed E-state index contributed by atoms with van der Waals surface area (Å²) in [6, 6.07) is 4.96. The number of halogens is 1. The molecule has 1 fully saturated rings. The first-order valence-corrected chi connectivity index (χ1v) is 7.55. The zero-order chi connectivity index (χ0) is 15.4. The molecule has 21 heavy (non-hydrogen) atoms. The highest BCUT2D eigenvalue weighted by atomic mass is 127. The minimum absolute atomic E-state index is 0.000459. The average molecular weight is 404 g/mol. The number of piperazine rings is 1. The normalized spacial score (nSPS) is 17.0. The van der Waals surface area contributed by atoms with Crippen molar-refractivity contribution in [1.82, 2.24) is 9.80 Å². The number of rotatable bonds is 3. The Morgan fingerprint density at radius 3 is 2.62 bits per heavy atom. The van der Waals surface area contributed by atoms with Gasteiger partial charge in [0, 0.05) is 29.7 Å². The Morgan fingerprint density at radius 2 is 2.00 bits per heavy atom. The second-order valence-corrected chi connectivity index (χ2v) is 6.07. The monoisotopic (exact) mass is 404 g/mol. The fourth-order valence-electron chi connectivity index (χ4n) is 2.22.